The minimum atomic E-state index is -0.826. The third-order valence-corrected chi connectivity index (χ3v) is 4.27. The van der Waals surface area contributed by atoms with Crippen molar-refractivity contribution in [2.45, 2.75) is 38.6 Å². The lowest BCUT2D eigenvalue weighted by Gasteiger charge is -2.24. The Morgan fingerprint density at radius 3 is 2.74 bits per heavy atom. The number of rotatable bonds is 5. The molecule has 2 unspecified atom stereocenters. The van der Waals surface area contributed by atoms with Gasteiger partial charge < -0.3 is 10.0 Å². The van der Waals surface area contributed by atoms with Crippen LogP contribution in [0.15, 0.2) is 24.3 Å². The molecule has 1 aliphatic carbocycles. The summed E-state index contributed by atoms with van der Waals surface area (Å²) in [6, 6.07) is 7.99. The van der Waals surface area contributed by atoms with Crippen LogP contribution in [-0.4, -0.2) is 35.6 Å². The van der Waals surface area contributed by atoms with Crippen molar-refractivity contribution in [3.63, 3.8) is 0 Å². The van der Waals surface area contributed by atoms with Crippen molar-refractivity contribution in [2.75, 3.05) is 13.6 Å². The van der Waals surface area contributed by atoms with Crippen molar-refractivity contribution < 1.29 is 9.90 Å². The molecule has 2 rings (SSSR count). The van der Waals surface area contributed by atoms with Crippen molar-refractivity contribution >= 4 is 5.97 Å². The third kappa shape index (κ3) is 3.57. The minimum Gasteiger partial charge on any atom is -0.478 e. The molecule has 0 aliphatic heterocycles. The number of benzene rings is 1. The summed E-state index contributed by atoms with van der Waals surface area (Å²) >= 11 is 0. The summed E-state index contributed by atoms with van der Waals surface area (Å²) in [5.41, 5.74) is 1.38. The first-order valence-corrected chi connectivity index (χ1v) is 7.09. The monoisotopic (exact) mass is 261 g/mol. The highest BCUT2D eigenvalue weighted by molar-refractivity contribution is 5.89. The maximum atomic E-state index is 11.2. The molecule has 2 atom stereocenters. The number of carboxylic acid groups (broad SMARTS) is 1. The molecule has 1 saturated carbocycles. The predicted molar refractivity (Wildman–Crippen MR) is 76.5 cm³/mol. The van der Waals surface area contributed by atoms with Crippen LogP contribution in [0.1, 0.15) is 42.1 Å². The van der Waals surface area contributed by atoms with Crippen LogP contribution in [0, 0.1) is 5.92 Å². The Hall–Kier alpha value is -1.35. The van der Waals surface area contributed by atoms with Gasteiger partial charge in [0.15, 0.2) is 0 Å². The fourth-order valence-corrected chi connectivity index (χ4v) is 3.00. The van der Waals surface area contributed by atoms with Crippen molar-refractivity contribution in [3.05, 3.63) is 35.4 Å². The van der Waals surface area contributed by atoms with Crippen molar-refractivity contribution in [1.29, 1.82) is 0 Å². The van der Waals surface area contributed by atoms with Gasteiger partial charge in [-0.15, -0.1) is 0 Å². The molecule has 1 aromatic rings. The second-order valence-electron chi connectivity index (χ2n) is 5.76. The summed E-state index contributed by atoms with van der Waals surface area (Å²) < 4.78 is 0. The molecule has 0 aromatic heterocycles. The van der Waals surface area contributed by atoms with Gasteiger partial charge in [0.05, 0.1) is 5.56 Å². The fraction of sp³-hybridized carbons (Fsp3) is 0.562. The highest BCUT2D eigenvalue weighted by Gasteiger charge is 2.24. The molecule has 1 aromatic carbocycles. The van der Waals surface area contributed by atoms with E-state index in [0.717, 1.165) is 24.4 Å². The topological polar surface area (TPSA) is 40.5 Å². The molecule has 1 fully saturated rings. The van der Waals surface area contributed by atoms with Gasteiger partial charge in [-0.05, 0) is 50.3 Å². The second-order valence-corrected chi connectivity index (χ2v) is 5.76. The maximum Gasteiger partial charge on any atom is 0.335 e. The largest absolute Gasteiger partial charge is 0.478 e. The van der Waals surface area contributed by atoms with E-state index in [0.29, 0.717) is 11.6 Å². The van der Waals surface area contributed by atoms with Crippen LogP contribution in [0.2, 0.25) is 0 Å². The Labute approximate surface area is 115 Å². The summed E-state index contributed by atoms with van der Waals surface area (Å²) in [5, 5.41) is 9.16. The molecule has 0 amide bonds. The van der Waals surface area contributed by atoms with Crippen LogP contribution in [0.25, 0.3) is 0 Å². The standard InChI is InChI=1S/C16H23NO2/c1-12-7-8-14(11-12)17(2)10-9-13-5-3-4-6-15(13)16(18)19/h3-6,12,14H,7-11H2,1-2H3,(H,18,19). The Morgan fingerprint density at radius 2 is 2.11 bits per heavy atom. The quantitative estimate of drug-likeness (QED) is 0.885. The van der Waals surface area contributed by atoms with Crippen molar-refractivity contribution in [3.8, 4) is 0 Å². The van der Waals surface area contributed by atoms with Gasteiger partial charge in [0.2, 0.25) is 0 Å². The van der Waals surface area contributed by atoms with Gasteiger partial charge in [-0.3, -0.25) is 0 Å². The van der Waals surface area contributed by atoms with Gasteiger partial charge in [-0.1, -0.05) is 25.1 Å². The van der Waals surface area contributed by atoms with E-state index in [1.54, 1.807) is 12.1 Å². The maximum absolute atomic E-state index is 11.2. The highest BCUT2D eigenvalue weighted by Crippen LogP contribution is 2.28. The number of hydrogen-bond donors (Lipinski definition) is 1. The van der Waals surface area contributed by atoms with Crippen molar-refractivity contribution in [2.24, 2.45) is 5.92 Å². The molecule has 0 saturated heterocycles. The number of likely N-dealkylation sites (N-methyl/N-ethyl adjacent to an activating group) is 1. The number of carbonyl (C=O) groups is 1. The molecule has 104 valence electrons. The van der Waals surface area contributed by atoms with Gasteiger partial charge in [0, 0.05) is 12.6 Å². The van der Waals surface area contributed by atoms with Crippen LogP contribution in [0.5, 0.6) is 0 Å². The Bertz CT molecular complexity index is 444. The lowest BCUT2D eigenvalue weighted by molar-refractivity contribution is 0.0695. The van der Waals surface area contributed by atoms with E-state index >= 15 is 0 Å². The summed E-state index contributed by atoms with van der Waals surface area (Å²) in [7, 11) is 2.16. The van der Waals surface area contributed by atoms with E-state index in [9.17, 15) is 4.79 Å². The zero-order chi connectivity index (χ0) is 13.8. The average molecular weight is 261 g/mol. The first-order valence-electron chi connectivity index (χ1n) is 7.09. The molecule has 3 heteroatoms. The second kappa shape index (κ2) is 6.20. The molecule has 19 heavy (non-hydrogen) atoms. The van der Waals surface area contributed by atoms with Crippen LogP contribution in [0.3, 0.4) is 0 Å². The molecule has 0 bridgehead atoms. The van der Waals surface area contributed by atoms with E-state index in [1.807, 2.05) is 12.1 Å². The summed E-state index contributed by atoms with van der Waals surface area (Å²) in [6.45, 7) is 3.25. The summed E-state index contributed by atoms with van der Waals surface area (Å²) in [4.78, 5) is 13.5. The SMILES string of the molecule is CC1CCC(N(C)CCc2ccccc2C(=O)O)C1. The lowest BCUT2D eigenvalue weighted by atomic mass is 10.0. The van der Waals surface area contributed by atoms with Gasteiger partial charge in [0.25, 0.3) is 0 Å². The van der Waals surface area contributed by atoms with E-state index in [4.69, 9.17) is 5.11 Å². The van der Waals surface area contributed by atoms with E-state index < -0.39 is 5.97 Å². The zero-order valence-corrected chi connectivity index (χ0v) is 11.8. The molecule has 0 heterocycles. The highest BCUT2D eigenvalue weighted by atomic mass is 16.4. The molecular formula is C16H23NO2. The summed E-state index contributed by atoms with van der Waals surface area (Å²) in [6.07, 6.45) is 4.68. The molecule has 1 aliphatic rings. The number of hydrogen-bond acceptors (Lipinski definition) is 2. The molecular weight excluding hydrogens is 238 g/mol. The number of carboxylic acids is 1. The number of nitrogens with zero attached hydrogens (tertiary/aromatic N) is 1. The van der Waals surface area contributed by atoms with Gasteiger partial charge in [-0.2, -0.15) is 0 Å². The summed E-state index contributed by atoms with van der Waals surface area (Å²) in [5.74, 6) is 0.00602. The zero-order valence-electron chi connectivity index (χ0n) is 11.8. The van der Waals surface area contributed by atoms with Crippen LogP contribution in [-0.2, 0) is 6.42 Å². The van der Waals surface area contributed by atoms with Crippen LogP contribution < -0.4 is 0 Å². The minimum absolute atomic E-state index is 0.440. The van der Waals surface area contributed by atoms with E-state index in [-0.39, 0.29) is 0 Å². The van der Waals surface area contributed by atoms with Crippen LogP contribution in [0.4, 0.5) is 0 Å². The Balaban J connectivity index is 1.93. The van der Waals surface area contributed by atoms with E-state index in [2.05, 4.69) is 18.9 Å². The normalized spacial score (nSPS) is 22.9. The Morgan fingerprint density at radius 1 is 1.37 bits per heavy atom. The van der Waals surface area contributed by atoms with Crippen LogP contribution >= 0.6 is 0 Å². The van der Waals surface area contributed by atoms with Gasteiger partial charge in [-0.25, -0.2) is 4.79 Å². The van der Waals surface area contributed by atoms with Gasteiger partial charge >= 0.3 is 5.97 Å². The molecule has 0 radical (unpaired) electrons. The average Bonchev–Trinajstić information content (AvgIpc) is 2.83. The third-order valence-electron chi connectivity index (χ3n) is 4.27. The van der Waals surface area contributed by atoms with Crippen molar-refractivity contribution in [1.82, 2.24) is 4.90 Å². The lowest BCUT2D eigenvalue weighted by Crippen LogP contribution is -2.31. The number of aromatic carboxylic acids is 1. The first kappa shape index (κ1) is 14.1. The van der Waals surface area contributed by atoms with Gasteiger partial charge in [0.1, 0.15) is 0 Å². The molecule has 3 nitrogen and oxygen atoms in total. The predicted octanol–water partition coefficient (Wildman–Crippen LogP) is 3.05. The smallest absolute Gasteiger partial charge is 0.335 e. The van der Waals surface area contributed by atoms with E-state index in [1.165, 1.54) is 19.3 Å². The molecule has 1 N–H and O–H groups in total. The first-order chi connectivity index (χ1) is 9.08. The Kier molecular flexibility index (Phi) is 4.59. The molecule has 0 spiro atoms. The fourth-order valence-electron chi connectivity index (χ4n) is 3.00.